The molecule has 3 aromatic rings. The molecule has 3 rings (SSSR count). The molecule has 0 bridgehead atoms. The number of benzene rings is 2. The van der Waals surface area contributed by atoms with Gasteiger partial charge in [0.05, 0.1) is 17.1 Å². The molecule has 1 atom stereocenters. The molecule has 4 heteroatoms. The number of hydrogen-bond acceptors (Lipinski definition) is 2. The van der Waals surface area contributed by atoms with Crippen molar-refractivity contribution in [2.24, 2.45) is 0 Å². The van der Waals surface area contributed by atoms with Crippen molar-refractivity contribution in [2.75, 3.05) is 0 Å². The first-order valence-corrected chi connectivity index (χ1v) is 6.81. The van der Waals surface area contributed by atoms with Crippen LogP contribution in [0.2, 0.25) is 0 Å². The van der Waals surface area contributed by atoms with Gasteiger partial charge in [0.15, 0.2) is 0 Å². The first-order chi connectivity index (χ1) is 10.1. The maximum atomic E-state index is 12.4. The Morgan fingerprint density at radius 1 is 1.19 bits per heavy atom. The van der Waals surface area contributed by atoms with Gasteiger partial charge in [-0.1, -0.05) is 24.3 Å². The highest BCUT2D eigenvalue weighted by molar-refractivity contribution is 6.05. The van der Waals surface area contributed by atoms with Gasteiger partial charge in [-0.2, -0.15) is 0 Å². The molecule has 0 saturated heterocycles. The molecule has 1 heterocycles. The molecule has 2 aromatic carbocycles. The number of carbonyl (C=O) groups is 1. The molecule has 21 heavy (non-hydrogen) atoms. The summed E-state index contributed by atoms with van der Waals surface area (Å²) in [6, 6.07) is 14.3. The Kier molecular flexibility index (Phi) is 3.36. The normalized spacial score (nSPS) is 12.2. The lowest BCUT2D eigenvalue weighted by Gasteiger charge is -2.15. The number of para-hydroxylation sites is 1. The molecule has 1 aromatic heterocycles. The van der Waals surface area contributed by atoms with Crippen LogP contribution in [0.1, 0.15) is 28.9 Å². The average Bonchev–Trinajstić information content (AvgIpc) is 2.95. The predicted molar refractivity (Wildman–Crippen MR) is 82.3 cm³/mol. The Morgan fingerprint density at radius 3 is 2.81 bits per heavy atom. The van der Waals surface area contributed by atoms with Crippen LogP contribution in [0.3, 0.4) is 0 Å². The van der Waals surface area contributed by atoms with Crippen molar-refractivity contribution in [1.82, 2.24) is 10.3 Å². The highest BCUT2D eigenvalue weighted by Crippen LogP contribution is 2.20. The zero-order valence-electron chi connectivity index (χ0n) is 11.6. The van der Waals surface area contributed by atoms with E-state index in [9.17, 15) is 9.90 Å². The van der Waals surface area contributed by atoms with Crippen molar-refractivity contribution in [3.8, 4) is 5.75 Å². The summed E-state index contributed by atoms with van der Waals surface area (Å²) >= 11 is 0. The summed E-state index contributed by atoms with van der Waals surface area (Å²) in [5.74, 6) is 0.0546. The van der Waals surface area contributed by atoms with Crippen LogP contribution >= 0.6 is 0 Å². The van der Waals surface area contributed by atoms with Crippen molar-refractivity contribution in [3.05, 3.63) is 65.9 Å². The fourth-order valence-electron chi connectivity index (χ4n) is 2.43. The van der Waals surface area contributed by atoms with E-state index in [0.717, 1.165) is 16.5 Å². The smallest absolute Gasteiger partial charge is 0.253 e. The minimum Gasteiger partial charge on any atom is -0.508 e. The lowest BCUT2D eigenvalue weighted by Crippen LogP contribution is -2.26. The van der Waals surface area contributed by atoms with E-state index in [1.54, 1.807) is 24.3 Å². The van der Waals surface area contributed by atoms with E-state index >= 15 is 0 Å². The predicted octanol–water partition coefficient (Wildman–Crippen LogP) is 3.36. The fraction of sp³-hybridized carbons (Fsp3) is 0.118. The first kappa shape index (κ1) is 13.2. The number of nitrogens with one attached hydrogen (secondary N) is 2. The van der Waals surface area contributed by atoms with Gasteiger partial charge in [0.1, 0.15) is 5.75 Å². The Balaban J connectivity index is 1.85. The summed E-state index contributed by atoms with van der Waals surface area (Å²) in [5.41, 5.74) is 2.31. The van der Waals surface area contributed by atoms with E-state index < -0.39 is 0 Å². The van der Waals surface area contributed by atoms with Crippen LogP contribution in [0, 0.1) is 0 Å². The van der Waals surface area contributed by atoms with Crippen molar-refractivity contribution >= 4 is 16.8 Å². The van der Waals surface area contributed by atoms with Crippen LogP contribution in [0.15, 0.2) is 54.7 Å². The number of aromatic nitrogens is 1. The van der Waals surface area contributed by atoms with Crippen LogP contribution in [0.4, 0.5) is 0 Å². The number of aromatic amines is 1. The Labute approximate surface area is 122 Å². The highest BCUT2D eigenvalue weighted by atomic mass is 16.3. The van der Waals surface area contributed by atoms with Gasteiger partial charge in [0.2, 0.25) is 0 Å². The number of aromatic hydroxyl groups is 1. The minimum atomic E-state index is -0.185. The summed E-state index contributed by atoms with van der Waals surface area (Å²) in [4.78, 5) is 15.5. The highest BCUT2D eigenvalue weighted by Gasteiger charge is 2.14. The van der Waals surface area contributed by atoms with Gasteiger partial charge >= 0.3 is 0 Å². The van der Waals surface area contributed by atoms with Crippen LogP contribution in [-0.2, 0) is 0 Å². The summed E-state index contributed by atoms with van der Waals surface area (Å²) in [5, 5.41) is 13.5. The van der Waals surface area contributed by atoms with E-state index in [4.69, 9.17) is 0 Å². The van der Waals surface area contributed by atoms with E-state index in [1.165, 1.54) is 0 Å². The molecule has 0 aliphatic carbocycles. The van der Waals surface area contributed by atoms with Gasteiger partial charge in [-0.25, -0.2) is 0 Å². The molecule has 106 valence electrons. The second kappa shape index (κ2) is 5.32. The number of phenolic OH excluding ortho intramolecular Hbond substituents is 1. The minimum absolute atomic E-state index is 0.140. The van der Waals surface area contributed by atoms with Crippen molar-refractivity contribution in [1.29, 1.82) is 0 Å². The molecule has 0 saturated carbocycles. The van der Waals surface area contributed by atoms with Gasteiger partial charge in [-0.15, -0.1) is 0 Å². The zero-order chi connectivity index (χ0) is 14.8. The van der Waals surface area contributed by atoms with Crippen LogP contribution in [0.25, 0.3) is 10.9 Å². The number of rotatable bonds is 3. The molecule has 3 N–H and O–H groups in total. The molecule has 1 amide bonds. The lowest BCUT2D eigenvalue weighted by molar-refractivity contribution is 0.0941. The third-order valence-electron chi connectivity index (χ3n) is 3.55. The van der Waals surface area contributed by atoms with E-state index in [1.807, 2.05) is 37.4 Å². The summed E-state index contributed by atoms with van der Waals surface area (Å²) in [6.45, 7) is 1.89. The molecular formula is C17H16N2O2. The van der Waals surface area contributed by atoms with E-state index in [-0.39, 0.29) is 17.7 Å². The SMILES string of the molecule is CC(NC(=O)c1cccc2cc[nH]c12)c1cccc(O)c1. The Hall–Kier alpha value is -2.75. The van der Waals surface area contributed by atoms with Crippen molar-refractivity contribution in [3.63, 3.8) is 0 Å². The van der Waals surface area contributed by atoms with Gasteiger partial charge in [-0.05, 0) is 36.8 Å². The summed E-state index contributed by atoms with van der Waals surface area (Å²) < 4.78 is 0. The first-order valence-electron chi connectivity index (χ1n) is 6.81. The number of fused-ring (bicyclic) bond motifs is 1. The second-order valence-electron chi connectivity index (χ2n) is 5.04. The van der Waals surface area contributed by atoms with Crippen molar-refractivity contribution in [2.45, 2.75) is 13.0 Å². The third kappa shape index (κ3) is 2.60. The Bertz CT molecular complexity index is 792. The van der Waals surface area contributed by atoms with E-state index in [2.05, 4.69) is 10.3 Å². The van der Waals surface area contributed by atoms with Crippen molar-refractivity contribution < 1.29 is 9.90 Å². The standard InChI is InChI=1S/C17H16N2O2/c1-11(13-5-2-6-14(20)10-13)19-17(21)15-7-3-4-12-8-9-18-16(12)15/h2-11,18,20H,1H3,(H,19,21). The van der Waals surface area contributed by atoms with Crippen LogP contribution in [-0.4, -0.2) is 16.0 Å². The third-order valence-corrected chi connectivity index (χ3v) is 3.55. The lowest BCUT2D eigenvalue weighted by atomic mass is 10.1. The number of carbonyl (C=O) groups excluding carboxylic acids is 1. The zero-order valence-corrected chi connectivity index (χ0v) is 11.6. The number of amides is 1. The average molecular weight is 280 g/mol. The monoisotopic (exact) mass is 280 g/mol. The largest absolute Gasteiger partial charge is 0.508 e. The second-order valence-corrected chi connectivity index (χ2v) is 5.04. The quantitative estimate of drug-likeness (QED) is 0.688. The Morgan fingerprint density at radius 2 is 2.00 bits per heavy atom. The molecule has 1 unspecified atom stereocenters. The maximum Gasteiger partial charge on any atom is 0.253 e. The van der Waals surface area contributed by atoms with Gasteiger partial charge in [0, 0.05) is 11.6 Å². The number of H-pyrrole nitrogens is 1. The van der Waals surface area contributed by atoms with Crippen LogP contribution < -0.4 is 5.32 Å². The molecule has 0 radical (unpaired) electrons. The molecule has 4 nitrogen and oxygen atoms in total. The molecule has 0 aliphatic heterocycles. The topological polar surface area (TPSA) is 65.1 Å². The van der Waals surface area contributed by atoms with Crippen LogP contribution in [0.5, 0.6) is 5.75 Å². The summed E-state index contributed by atoms with van der Waals surface area (Å²) in [6.07, 6.45) is 1.82. The van der Waals surface area contributed by atoms with Gasteiger partial charge in [0.25, 0.3) is 5.91 Å². The number of phenols is 1. The molecule has 0 fully saturated rings. The van der Waals surface area contributed by atoms with Gasteiger partial charge in [-0.3, -0.25) is 4.79 Å². The fourth-order valence-corrected chi connectivity index (χ4v) is 2.43. The maximum absolute atomic E-state index is 12.4. The van der Waals surface area contributed by atoms with Gasteiger partial charge < -0.3 is 15.4 Å². The molecular weight excluding hydrogens is 264 g/mol. The van der Waals surface area contributed by atoms with E-state index in [0.29, 0.717) is 5.56 Å². The molecule has 0 spiro atoms. The summed E-state index contributed by atoms with van der Waals surface area (Å²) in [7, 11) is 0. The number of hydrogen-bond donors (Lipinski definition) is 3. The molecule has 0 aliphatic rings.